The first kappa shape index (κ1) is 30.7. The maximum Gasteiger partial charge on any atom is 0.422 e. The second-order valence-electron chi connectivity index (χ2n) is 10.3. The predicted molar refractivity (Wildman–Crippen MR) is 153 cm³/mol. The standard InChI is InChI=1S/C32H34F3N3O4/c1-22(37-13-16-41-28-10-4-5-11-29(28)42-21-32(33,34)35)17-23-18-25-12-15-38(30(25)26(19-23)20-36)14-6-8-24-7-2-3-9-27(24)31(39)40/h2-5,7,9-11,18-19,22,37H,6,8,12-17,21H2,1H3,(H,39,40)/t22-/m1/s1. The van der Waals surface area contributed by atoms with Gasteiger partial charge in [0, 0.05) is 25.7 Å². The third kappa shape index (κ3) is 8.40. The zero-order valence-electron chi connectivity index (χ0n) is 23.4. The van der Waals surface area contributed by atoms with Crippen molar-refractivity contribution in [1.29, 1.82) is 5.26 Å². The number of anilines is 1. The summed E-state index contributed by atoms with van der Waals surface area (Å²) in [5.74, 6) is -0.624. The van der Waals surface area contributed by atoms with Crippen molar-refractivity contribution in [3.8, 4) is 17.6 Å². The van der Waals surface area contributed by atoms with Crippen LogP contribution in [-0.2, 0) is 19.3 Å². The van der Waals surface area contributed by atoms with Gasteiger partial charge in [-0.25, -0.2) is 4.79 Å². The fourth-order valence-electron chi connectivity index (χ4n) is 5.27. The van der Waals surface area contributed by atoms with E-state index < -0.39 is 18.8 Å². The Balaban J connectivity index is 1.28. The number of carboxylic acids is 1. The summed E-state index contributed by atoms with van der Waals surface area (Å²) in [4.78, 5) is 13.7. The molecule has 1 aliphatic heterocycles. The van der Waals surface area contributed by atoms with E-state index in [4.69, 9.17) is 9.47 Å². The minimum atomic E-state index is -4.43. The number of para-hydroxylation sites is 2. The van der Waals surface area contributed by atoms with Gasteiger partial charge in [0.05, 0.1) is 16.8 Å². The molecule has 3 aromatic rings. The Kier molecular flexibility index (Phi) is 10.3. The van der Waals surface area contributed by atoms with Crippen molar-refractivity contribution >= 4 is 11.7 Å². The first-order valence-corrected chi connectivity index (χ1v) is 13.9. The summed E-state index contributed by atoms with van der Waals surface area (Å²) in [7, 11) is 0. The quantitative estimate of drug-likeness (QED) is 0.233. The zero-order valence-corrected chi connectivity index (χ0v) is 23.4. The highest BCUT2D eigenvalue weighted by molar-refractivity contribution is 5.89. The molecule has 0 radical (unpaired) electrons. The van der Waals surface area contributed by atoms with Crippen LogP contribution in [0.15, 0.2) is 60.7 Å². The van der Waals surface area contributed by atoms with E-state index in [-0.39, 0.29) is 24.1 Å². The highest BCUT2D eigenvalue weighted by Gasteiger charge is 2.29. The number of nitrogens with one attached hydrogen (secondary N) is 1. The van der Waals surface area contributed by atoms with Gasteiger partial charge in [-0.15, -0.1) is 0 Å². The molecule has 0 amide bonds. The van der Waals surface area contributed by atoms with Crippen molar-refractivity contribution in [2.24, 2.45) is 0 Å². The largest absolute Gasteiger partial charge is 0.488 e. The third-order valence-corrected chi connectivity index (χ3v) is 7.09. The molecular formula is C32H34F3N3O4. The molecule has 10 heteroatoms. The SMILES string of the molecule is C[C@H](Cc1cc(C#N)c2c(c1)CCN2CCCc1ccccc1C(=O)O)NCCOc1ccccc1OCC(F)(F)F. The smallest absolute Gasteiger partial charge is 0.422 e. The lowest BCUT2D eigenvalue weighted by molar-refractivity contribution is -0.153. The number of carbonyl (C=O) groups is 1. The van der Waals surface area contributed by atoms with E-state index in [0.29, 0.717) is 30.5 Å². The van der Waals surface area contributed by atoms with Gasteiger partial charge in [0.2, 0.25) is 0 Å². The monoisotopic (exact) mass is 581 g/mol. The Bertz CT molecular complexity index is 1420. The van der Waals surface area contributed by atoms with E-state index in [1.165, 1.54) is 6.07 Å². The summed E-state index contributed by atoms with van der Waals surface area (Å²) in [6, 6.07) is 19.8. The number of halogens is 3. The van der Waals surface area contributed by atoms with E-state index in [1.54, 1.807) is 30.3 Å². The first-order chi connectivity index (χ1) is 20.1. The van der Waals surface area contributed by atoms with Crippen LogP contribution in [0, 0.1) is 11.3 Å². The van der Waals surface area contributed by atoms with Crippen molar-refractivity contribution in [3.05, 3.63) is 88.5 Å². The highest BCUT2D eigenvalue weighted by atomic mass is 19.4. The Hall–Kier alpha value is -4.23. The van der Waals surface area contributed by atoms with E-state index >= 15 is 0 Å². The lowest BCUT2D eigenvalue weighted by Gasteiger charge is -2.21. The number of rotatable bonds is 14. The molecule has 222 valence electrons. The van der Waals surface area contributed by atoms with E-state index in [0.717, 1.165) is 48.3 Å². The van der Waals surface area contributed by atoms with E-state index in [1.807, 2.05) is 25.1 Å². The number of ether oxygens (including phenoxy) is 2. The summed E-state index contributed by atoms with van der Waals surface area (Å²) in [6.07, 6.45) is -1.47. The number of carboxylic acid groups (broad SMARTS) is 1. The van der Waals surface area contributed by atoms with Gasteiger partial charge in [0.15, 0.2) is 18.1 Å². The van der Waals surface area contributed by atoms with Crippen LogP contribution < -0.4 is 19.7 Å². The van der Waals surface area contributed by atoms with Crippen LogP contribution >= 0.6 is 0 Å². The van der Waals surface area contributed by atoms with Crippen molar-refractivity contribution in [1.82, 2.24) is 5.32 Å². The molecule has 4 rings (SSSR count). The van der Waals surface area contributed by atoms with Crippen molar-refractivity contribution < 1.29 is 32.5 Å². The minimum Gasteiger partial charge on any atom is -0.488 e. The summed E-state index contributed by atoms with van der Waals surface area (Å²) in [5.41, 5.74) is 4.93. The van der Waals surface area contributed by atoms with Crippen LogP contribution in [0.25, 0.3) is 0 Å². The number of hydrogen-bond acceptors (Lipinski definition) is 6. The second-order valence-corrected chi connectivity index (χ2v) is 10.3. The summed E-state index contributed by atoms with van der Waals surface area (Å²) < 4.78 is 48.1. The lowest BCUT2D eigenvalue weighted by Crippen LogP contribution is -2.32. The third-order valence-electron chi connectivity index (χ3n) is 7.09. The van der Waals surface area contributed by atoms with Gasteiger partial charge < -0.3 is 24.8 Å². The van der Waals surface area contributed by atoms with Crippen molar-refractivity contribution in [3.63, 3.8) is 0 Å². The maximum absolute atomic E-state index is 12.5. The molecule has 1 aliphatic rings. The van der Waals surface area contributed by atoms with Gasteiger partial charge in [-0.2, -0.15) is 18.4 Å². The second kappa shape index (κ2) is 14.1. The molecule has 2 N–H and O–H groups in total. The fourth-order valence-corrected chi connectivity index (χ4v) is 5.27. The minimum absolute atomic E-state index is 0.0455. The molecule has 0 saturated heterocycles. The van der Waals surface area contributed by atoms with Gasteiger partial charge in [-0.05, 0) is 73.6 Å². The van der Waals surface area contributed by atoms with Crippen LogP contribution in [-0.4, -0.2) is 56.1 Å². The van der Waals surface area contributed by atoms with Crippen molar-refractivity contribution in [2.45, 2.75) is 44.8 Å². The molecule has 0 fully saturated rings. The molecule has 0 spiro atoms. The summed E-state index contributed by atoms with van der Waals surface area (Å²) in [6.45, 7) is 2.92. The average molecular weight is 582 g/mol. The molecule has 0 saturated carbocycles. The van der Waals surface area contributed by atoms with E-state index in [9.17, 15) is 28.3 Å². The fraction of sp³-hybridized carbons (Fsp3) is 0.375. The molecule has 0 aromatic heterocycles. The van der Waals surface area contributed by atoms with Gasteiger partial charge in [-0.3, -0.25) is 0 Å². The molecular weight excluding hydrogens is 547 g/mol. The molecule has 7 nitrogen and oxygen atoms in total. The number of fused-ring (bicyclic) bond motifs is 1. The molecule has 1 heterocycles. The number of alkyl halides is 3. The Morgan fingerprint density at radius 1 is 1.12 bits per heavy atom. The molecule has 0 unspecified atom stereocenters. The highest BCUT2D eigenvalue weighted by Crippen LogP contribution is 2.34. The number of hydrogen-bond donors (Lipinski definition) is 2. The zero-order chi connectivity index (χ0) is 30.1. The van der Waals surface area contributed by atoms with Crippen molar-refractivity contribution in [2.75, 3.05) is 37.7 Å². The van der Waals surface area contributed by atoms with E-state index in [2.05, 4.69) is 22.4 Å². The maximum atomic E-state index is 12.5. The van der Waals surface area contributed by atoms with Crippen LogP contribution in [0.2, 0.25) is 0 Å². The topological polar surface area (TPSA) is 94.8 Å². The number of nitrogens with zero attached hydrogens (tertiary/aromatic N) is 2. The summed E-state index contributed by atoms with van der Waals surface area (Å²) >= 11 is 0. The normalized spacial score (nSPS) is 13.4. The average Bonchev–Trinajstić information content (AvgIpc) is 3.36. The van der Waals surface area contributed by atoms with Gasteiger partial charge in [0.25, 0.3) is 0 Å². The molecule has 0 bridgehead atoms. The Morgan fingerprint density at radius 3 is 2.55 bits per heavy atom. The predicted octanol–water partition coefficient (Wildman–Crippen LogP) is 5.79. The molecule has 1 atom stereocenters. The lowest BCUT2D eigenvalue weighted by atomic mass is 9.99. The Labute approximate surface area is 243 Å². The summed E-state index contributed by atoms with van der Waals surface area (Å²) in [5, 5.41) is 22.7. The number of nitriles is 1. The molecule has 0 aliphatic carbocycles. The number of benzene rings is 3. The molecule has 3 aromatic carbocycles. The van der Waals surface area contributed by atoms with Crippen LogP contribution in [0.1, 0.15) is 46.0 Å². The first-order valence-electron chi connectivity index (χ1n) is 13.9. The molecule has 42 heavy (non-hydrogen) atoms. The van der Waals surface area contributed by atoms with Gasteiger partial charge in [-0.1, -0.05) is 36.4 Å². The van der Waals surface area contributed by atoms with Crippen LogP contribution in [0.4, 0.5) is 18.9 Å². The van der Waals surface area contributed by atoms with Crippen LogP contribution in [0.3, 0.4) is 0 Å². The van der Waals surface area contributed by atoms with Crippen LogP contribution in [0.5, 0.6) is 11.5 Å². The van der Waals surface area contributed by atoms with Gasteiger partial charge in [0.1, 0.15) is 12.7 Å². The number of aromatic carboxylic acids is 1. The van der Waals surface area contributed by atoms with Gasteiger partial charge >= 0.3 is 12.1 Å². The Morgan fingerprint density at radius 2 is 1.83 bits per heavy atom. The number of aryl methyl sites for hydroxylation is 1.